The van der Waals surface area contributed by atoms with Gasteiger partial charge in [0.1, 0.15) is 5.69 Å². The molecule has 0 aromatic carbocycles. The molecule has 20 heavy (non-hydrogen) atoms. The number of nitrogen functional groups attached to an aromatic ring is 1. The molecule has 0 aliphatic heterocycles. The zero-order valence-electron chi connectivity index (χ0n) is 11.0. The van der Waals surface area contributed by atoms with Crippen LogP contribution < -0.4 is 11.1 Å². The van der Waals surface area contributed by atoms with E-state index >= 15 is 0 Å². The van der Waals surface area contributed by atoms with Gasteiger partial charge in [-0.2, -0.15) is 13.2 Å². The third-order valence-corrected chi connectivity index (χ3v) is 4.05. The number of nitrogens with zero attached hydrogens (tertiary/aromatic N) is 1. The highest BCUT2D eigenvalue weighted by molar-refractivity contribution is 7.12. The summed E-state index contributed by atoms with van der Waals surface area (Å²) in [5, 5.41) is 2.93. The number of rotatable bonds is 3. The lowest BCUT2D eigenvalue weighted by molar-refractivity contribution is -0.141. The van der Waals surface area contributed by atoms with Crippen LogP contribution in [0, 0.1) is 13.8 Å². The van der Waals surface area contributed by atoms with Crippen LogP contribution in [0.1, 0.15) is 21.0 Å². The van der Waals surface area contributed by atoms with Crippen LogP contribution in [0.4, 0.5) is 24.5 Å². The fraction of sp³-hybridized carbons (Fsp3) is 0.308. The molecule has 0 aliphatic carbocycles. The largest absolute Gasteiger partial charge is 0.433 e. The van der Waals surface area contributed by atoms with Gasteiger partial charge in [-0.05, 0) is 31.5 Å². The van der Waals surface area contributed by atoms with Gasteiger partial charge in [0.05, 0.1) is 17.6 Å². The first-order valence-corrected chi connectivity index (χ1v) is 6.71. The number of hydrogen-bond donors (Lipinski definition) is 2. The molecule has 0 spiro atoms. The van der Waals surface area contributed by atoms with E-state index in [0.29, 0.717) is 6.54 Å². The summed E-state index contributed by atoms with van der Waals surface area (Å²) in [6, 6.07) is 2.94. The van der Waals surface area contributed by atoms with E-state index in [1.165, 1.54) is 10.4 Å². The Kier molecular flexibility index (Phi) is 3.89. The minimum Gasteiger partial charge on any atom is -0.396 e. The number of hydrogen-bond acceptors (Lipinski definition) is 4. The summed E-state index contributed by atoms with van der Waals surface area (Å²) in [4.78, 5) is 5.54. The van der Waals surface area contributed by atoms with E-state index in [9.17, 15) is 13.2 Å². The van der Waals surface area contributed by atoms with Crippen LogP contribution in [0.2, 0.25) is 0 Å². The van der Waals surface area contributed by atoms with Gasteiger partial charge in [-0.3, -0.25) is 0 Å². The van der Waals surface area contributed by atoms with Crippen molar-refractivity contribution in [3.8, 4) is 0 Å². The molecular weight excluding hydrogens is 287 g/mol. The van der Waals surface area contributed by atoms with Crippen molar-refractivity contribution in [2.75, 3.05) is 11.1 Å². The van der Waals surface area contributed by atoms with Crippen LogP contribution in [0.15, 0.2) is 18.3 Å². The lowest BCUT2D eigenvalue weighted by atomic mass is 10.2. The molecule has 0 bridgehead atoms. The average Bonchev–Trinajstić information content (AvgIpc) is 2.66. The molecule has 0 unspecified atom stereocenters. The molecule has 2 aromatic rings. The van der Waals surface area contributed by atoms with Crippen molar-refractivity contribution in [3.63, 3.8) is 0 Å². The van der Waals surface area contributed by atoms with Gasteiger partial charge in [-0.25, -0.2) is 4.98 Å². The molecule has 0 amide bonds. The summed E-state index contributed by atoms with van der Waals surface area (Å²) in [6.45, 7) is 4.44. The number of halogens is 3. The van der Waals surface area contributed by atoms with Crippen LogP contribution in [0.5, 0.6) is 0 Å². The summed E-state index contributed by atoms with van der Waals surface area (Å²) in [5.74, 6) is 0. The Morgan fingerprint density at radius 2 is 2.00 bits per heavy atom. The second-order valence-corrected chi connectivity index (χ2v) is 5.80. The lowest BCUT2D eigenvalue weighted by Gasteiger charge is -2.11. The van der Waals surface area contributed by atoms with Crippen molar-refractivity contribution < 1.29 is 13.2 Å². The van der Waals surface area contributed by atoms with Crippen LogP contribution in [-0.4, -0.2) is 4.98 Å². The number of aryl methyl sites for hydroxylation is 2. The standard InChI is InChI=1S/C13H14F3N3S/c1-7-3-9(20-8(7)2)5-18-11-4-12(13(14,15)16)19-6-10(11)17/h3-4,6H,5,17H2,1-2H3,(H,18,19). The van der Waals surface area contributed by atoms with Crippen LogP contribution in [0.25, 0.3) is 0 Å². The van der Waals surface area contributed by atoms with E-state index in [0.717, 1.165) is 17.1 Å². The van der Waals surface area contributed by atoms with E-state index in [-0.39, 0.29) is 11.4 Å². The third kappa shape index (κ3) is 3.22. The quantitative estimate of drug-likeness (QED) is 0.901. The van der Waals surface area contributed by atoms with Gasteiger partial charge in [-0.15, -0.1) is 11.3 Å². The van der Waals surface area contributed by atoms with E-state index in [1.807, 2.05) is 19.9 Å². The van der Waals surface area contributed by atoms with Gasteiger partial charge in [0.2, 0.25) is 0 Å². The van der Waals surface area contributed by atoms with Crippen molar-refractivity contribution in [1.82, 2.24) is 4.98 Å². The number of aromatic nitrogens is 1. The van der Waals surface area contributed by atoms with Crippen molar-refractivity contribution >= 4 is 22.7 Å². The second-order valence-electron chi connectivity index (χ2n) is 4.46. The van der Waals surface area contributed by atoms with E-state index in [1.54, 1.807) is 11.3 Å². The number of alkyl halides is 3. The Hall–Kier alpha value is -1.76. The van der Waals surface area contributed by atoms with Crippen molar-refractivity contribution in [1.29, 1.82) is 0 Å². The molecule has 2 heterocycles. The normalized spacial score (nSPS) is 11.7. The molecule has 2 aromatic heterocycles. The molecule has 0 fully saturated rings. The van der Waals surface area contributed by atoms with E-state index in [4.69, 9.17) is 5.73 Å². The minimum absolute atomic E-state index is 0.197. The van der Waals surface area contributed by atoms with Crippen molar-refractivity contribution in [2.45, 2.75) is 26.6 Å². The Balaban J connectivity index is 2.16. The molecule has 0 radical (unpaired) electrons. The molecule has 7 heteroatoms. The molecule has 108 valence electrons. The Labute approximate surface area is 118 Å². The van der Waals surface area contributed by atoms with E-state index < -0.39 is 11.9 Å². The van der Waals surface area contributed by atoms with Crippen LogP contribution >= 0.6 is 11.3 Å². The Bertz CT molecular complexity index is 600. The second kappa shape index (κ2) is 5.32. The number of pyridine rings is 1. The predicted molar refractivity (Wildman–Crippen MR) is 74.8 cm³/mol. The highest BCUT2D eigenvalue weighted by Gasteiger charge is 2.32. The van der Waals surface area contributed by atoms with Gasteiger partial charge in [0, 0.05) is 16.3 Å². The number of thiophene rings is 1. The maximum atomic E-state index is 12.6. The van der Waals surface area contributed by atoms with Gasteiger partial charge >= 0.3 is 6.18 Å². The SMILES string of the molecule is Cc1cc(CNc2cc(C(F)(F)F)ncc2N)sc1C. The zero-order valence-corrected chi connectivity index (χ0v) is 11.8. The maximum Gasteiger partial charge on any atom is 0.433 e. The summed E-state index contributed by atoms with van der Waals surface area (Å²) < 4.78 is 37.8. The van der Waals surface area contributed by atoms with Gasteiger partial charge in [0.25, 0.3) is 0 Å². The van der Waals surface area contributed by atoms with E-state index in [2.05, 4.69) is 10.3 Å². The average molecular weight is 301 g/mol. The molecule has 3 N–H and O–H groups in total. The Morgan fingerprint density at radius 1 is 1.30 bits per heavy atom. The molecular formula is C13H14F3N3S. The summed E-state index contributed by atoms with van der Waals surface area (Å²) in [5.41, 5.74) is 6.31. The summed E-state index contributed by atoms with van der Waals surface area (Å²) in [6.07, 6.45) is -3.45. The van der Waals surface area contributed by atoms with Gasteiger partial charge in [0.15, 0.2) is 0 Å². The lowest BCUT2D eigenvalue weighted by Crippen LogP contribution is -2.10. The fourth-order valence-corrected chi connectivity index (χ4v) is 2.69. The first kappa shape index (κ1) is 14.6. The molecule has 2 rings (SSSR count). The molecule has 3 nitrogen and oxygen atoms in total. The van der Waals surface area contributed by atoms with Gasteiger partial charge < -0.3 is 11.1 Å². The van der Waals surface area contributed by atoms with Crippen molar-refractivity contribution in [2.24, 2.45) is 0 Å². The topological polar surface area (TPSA) is 50.9 Å². The molecule has 0 aliphatic rings. The first-order valence-electron chi connectivity index (χ1n) is 5.90. The Morgan fingerprint density at radius 3 is 2.55 bits per heavy atom. The monoisotopic (exact) mass is 301 g/mol. The highest BCUT2D eigenvalue weighted by Crippen LogP contribution is 2.31. The maximum absolute atomic E-state index is 12.6. The molecule has 0 saturated carbocycles. The third-order valence-electron chi connectivity index (χ3n) is 2.90. The smallest absolute Gasteiger partial charge is 0.396 e. The minimum atomic E-state index is -4.47. The number of nitrogens with two attached hydrogens (primary N) is 1. The predicted octanol–water partition coefficient (Wildman–Crippen LogP) is 3.97. The number of nitrogens with one attached hydrogen (secondary N) is 1. The summed E-state index contributed by atoms with van der Waals surface area (Å²) in [7, 11) is 0. The molecule has 0 saturated heterocycles. The fourth-order valence-electron chi connectivity index (χ4n) is 1.69. The first-order chi connectivity index (χ1) is 9.27. The van der Waals surface area contributed by atoms with Crippen LogP contribution in [-0.2, 0) is 12.7 Å². The van der Waals surface area contributed by atoms with Crippen LogP contribution in [0.3, 0.4) is 0 Å². The van der Waals surface area contributed by atoms with Gasteiger partial charge in [-0.1, -0.05) is 0 Å². The summed E-state index contributed by atoms with van der Waals surface area (Å²) >= 11 is 1.61. The van der Waals surface area contributed by atoms with Crippen molar-refractivity contribution in [3.05, 3.63) is 39.3 Å². The zero-order chi connectivity index (χ0) is 14.9. The number of anilines is 2. The molecule has 0 atom stereocenters. The highest BCUT2D eigenvalue weighted by atomic mass is 32.1.